The second-order valence-electron chi connectivity index (χ2n) is 12.0. The summed E-state index contributed by atoms with van der Waals surface area (Å²) in [6.07, 6.45) is 1.73. The van der Waals surface area contributed by atoms with E-state index in [-0.39, 0.29) is 24.5 Å². The van der Waals surface area contributed by atoms with Crippen LogP contribution in [-0.4, -0.2) is 55.1 Å². The topological polar surface area (TPSA) is 49.9 Å². The van der Waals surface area contributed by atoms with Crippen molar-refractivity contribution in [3.05, 3.63) is 132 Å². The zero-order chi connectivity index (χ0) is 34.6. The van der Waals surface area contributed by atoms with Gasteiger partial charge in [-0.05, 0) is 54.3 Å². The zero-order valence-electron chi connectivity index (χ0n) is 27.7. The number of nitrogens with one attached hydrogen (secondary N) is 1. The molecule has 3 heterocycles. The Morgan fingerprint density at radius 1 is 0.898 bits per heavy atom. The molecule has 0 spiro atoms. The quantitative estimate of drug-likeness (QED) is 0.134. The SMILES string of the molecule is C=C/C(=C(\C)F)N1CCNCC1.Fc1cc(-c2ccc(OCc3ccccc3)nc2OCc2ccccc2)ccc1N1CCCC(F)(F)C1. The molecule has 0 atom stereocenters. The van der Waals surface area contributed by atoms with Crippen molar-refractivity contribution < 1.29 is 27.0 Å². The number of rotatable bonds is 10. The molecule has 49 heavy (non-hydrogen) atoms. The number of ether oxygens (including phenoxy) is 2. The van der Waals surface area contributed by atoms with Crippen LogP contribution in [-0.2, 0) is 13.2 Å². The van der Waals surface area contributed by atoms with Gasteiger partial charge in [0.1, 0.15) is 24.9 Å². The van der Waals surface area contributed by atoms with Crippen LogP contribution in [0, 0.1) is 5.82 Å². The average molecular weight is 675 g/mol. The molecule has 2 aliphatic heterocycles. The third kappa shape index (κ3) is 10.1. The molecule has 6 nitrogen and oxygen atoms in total. The highest BCUT2D eigenvalue weighted by Gasteiger charge is 2.36. The minimum absolute atomic E-state index is 0.146. The Morgan fingerprint density at radius 3 is 2.14 bits per heavy atom. The van der Waals surface area contributed by atoms with Gasteiger partial charge in [-0.15, -0.1) is 0 Å². The highest BCUT2D eigenvalue weighted by atomic mass is 19.3. The van der Waals surface area contributed by atoms with Gasteiger partial charge in [0.25, 0.3) is 5.92 Å². The van der Waals surface area contributed by atoms with Gasteiger partial charge >= 0.3 is 0 Å². The largest absolute Gasteiger partial charge is 0.473 e. The first-order valence-corrected chi connectivity index (χ1v) is 16.4. The molecule has 1 N–H and O–H groups in total. The number of piperidine rings is 1. The molecule has 0 bridgehead atoms. The summed E-state index contributed by atoms with van der Waals surface area (Å²) >= 11 is 0. The van der Waals surface area contributed by atoms with E-state index in [0.717, 1.165) is 37.3 Å². The maximum atomic E-state index is 15.2. The van der Waals surface area contributed by atoms with Crippen molar-refractivity contribution >= 4 is 5.69 Å². The van der Waals surface area contributed by atoms with E-state index in [4.69, 9.17) is 9.47 Å². The lowest BCUT2D eigenvalue weighted by molar-refractivity contribution is -0.0118. The number of aromatic nitrogens is 1. The summed E-state index contributed by atoms with van der Waals surface area (Å²) in [7, 11) is 0. The number of pyridine rings is 1. The van der Waals surface area contributed by atoms with Crippen molar-refractivity contribution in [2.45, 2.75) is 38.9 Å². The Labute approximate surface area is 285 Å². The van der Waals surface area contributed by atoms with Gasteiger partial charge in [0.05, 0.1) is 17.9 Å². The summed E-state index contributed by atoms with van der Waals surface area (Å²) in [5.74, 6) is -2.85. The van der Waals surface area contributed by atoms with Crippen molar-refractivity contribution in [1.29, 1.82) is 0 Å². The maximum Gasteiger partial charge on any atom is 0.265 e. The van der Waals surface area contributed by atoms with E-state index in [1.54, 1.807) is 30.3 Å². The van der Waals surface area contributed by atoms with Gasteiger partial charge in [-0.2, -0.15) is 4.98 Å². The summed E-state index contributed by atoms with van der Waals surface area (Å²) < 4.78 is 67.8. The highest BCUT2D eigenvalue weighted by Crippen LogP contribution is 2.36. The Bertz CT molecular complexity index is 1690. The minimum atomic E-state index is -2.82. The van der Waals surface area contributed by atoms with Crippen molar-refractivity contribution in [3.8, 4) is 22.9 Å². The molecule has 0 aliphatic carbocycles. The minimum Gasteiger partial charge on any atom is -0.473 e. The first-order chi connectivity index (χ1) is 23.7. The second-order valence-corrected chi connectivity index (χ2v) is 12.0. The number of halogens is 4. The molecule has 0 radical (unpaired) electrons. The molecule has 10 heteroatoms. The van der Waals surface area contributed by atoms with Gasteiger partial charge in [0.15, 0.2) is 0 Å². The van der Waals surface area contributed by atoms with Crippen LogP contribution in [0.5, 0.6) is 11.8 Å². The number of benzene rings is 3. The third-order valence-electron chi connectivity index (χ3n) is 8.28. The molecule has 2 saturated heterocycles. The van der Waals surface area contributed by atoms with E-state index in [9.17, 15) is 13.2 Å². The molecule has 2 fully saturated rings. The lowest BCUT2D eigenvalue weighted by atomic mass is 10.0. The van der Waals surface area contributed by atoms with Crippen molar-refractivity contribution in [2.24, 2.45) is 0 Å². The number of nitrogens with zero attached hydrogens (tertiary/aromatic N) is 3. The van der Waals surface area contributed by atoms with Crippen LogP contribution in [0.3, 0.4) is 0 Å². The Balaban J connectivity index is 0.000000330. The predicted octanol–water partition coefficient (Wildman–Crippen LogP) is 8.56. The summed E-state index contributed by atoms with van der Waals surface area (Å²) in [6, 6.07) is 27.5. The third-order valence-corrected chi connectivity index (χ3v) is 8.28. The molecule has 258 valence electrons. The van der Waals surface area contributed by atoms with Crippen LogP contribution in [0.15, 0.2) is 115 Å². The number of allylic oxidation sites excluding steroid dienone is 2. The molecule has 4 aromatic rings. The first kappa shape index (κ1) is 35.5. The normalized spacial score (nSPS) is 16.2. The second kappa shape index (κ2) is 17.0. The van der Waals surface area contributed by atoms with Crippen molar-refractivity contribution in [2.75, 3.05) is 44.2 Å². The van der Waals surface area contributed by atoms with E-state index >= 15 is 4.39 Å². The summed E-state index contributed by atoms with van der Waals surface area (Å²) in [6.45, 7) is 9.16. The van der Waals surface area contributed by atoms with Gasteiger partial charge in [-0.25, -0.2) is 17.6 Å². The molecular weight excluding hydrogens is 632 g/mol. The van der Waals surface area contributed by atoms with Gasteiger partial charge in [-0.3, -0.25) is 0 Å². The van der Waals surface area contributed by atoms with E-state index < -0.39 is 18.3 Å². The first-order valence-electron chi connectivity index (χ1n) is 16.4. The number of hydrogen-bond acceptors (Lipinski definition) is 6. The Hall–Kier alpha value is -4.83. The fourth-order valence-corrected chi connectivity index (χ4v) is 5.79. The average Bonchev–Trinajstić information content (AvgIpc) is 3.11. The van der Waals surface area contributed by atoms with Crippen LogP contribution in [0.2, 0.25) is 0 Å². The van der Waals surface area contributed by atoms with Crippen molar-refractivity contribution in [3.63, 3.8) is 0 Å². The molecule has 0 saturated carbocycles. The number of piperazine rings is 1. The fourth-order valence-electron chi connectivity index (χ4n) is 5.79. The molecular formula is C39H42F4N4O2. The number of alkyl halides is 2. The predicted molar refractivity (Wildman–Crippen MR) is 186 cm³/mol. The smallest absolute Gasteiger partial charge is 0.265 e. The van der Waals surface area contributed by atoms with E-state index in [1.165, 1.54) is 17.9 Å². The van der Waals surface area contributed by atoms with Crippen LogP contribution in [0.4, 0.5) is 23.2 Å². The molecule has 0 unspecified atom stereocenters. The number of hydrogen-bond donors (Lipinski definition) is 1. The molecule has 6 rings (SSSR count). The standard InChI is InChI=1S/C30H27F3N2O2.C9H15FN2/c31-26-18-24(12-14-27(26)35-17-7-16-30(32,33)21-35)25-13-15-28(36-19-22-8-3-1-4-9-22)34-29(25)37-20-23-10-5-2-6-11-23;1-3-9(8(2)10)12-6-4-11-5-7-12/h1-6,8-15,18H,7,16-17,19-21H2;3,11H,1,4-7H2,2H3/b;9-8-. The Morgan fingerprint density at radius 2 is 1.55 bits per heavy atom. The van der Waals surface area contributed by atoms with Crippen molar-refractivity contribution in [1.82, 2.24) is 15.2 Å². The van der Waals surface area contributed by atoms with Gasteiger partial charge in [0, 0.05) is 50.8 Å². The Kier molecular flexibility index (Phi) is 12.3. The summed E-state index contributed by atoms with van der Waals surface area (Å²) in [4.78, 5) is 7.99. The lowest BCUT2D eigenvalue weighted by Crippen LogP contribution is -2.43. The van der Waals surface area contributed by atoms with Crippen LogP contribution >= 0.6 is 0 Å². The van der Waals surface area contributed by atoms with Gasteiger partial charge in [0.2, 0.25) is 11.8 Å². The van der Waals surface area contributed by atoms with E-state index in [1.807, 2.05) is 65.6 Å². The van der Waals surface area contributed by atoms with Crippen LogP contribution in [0.1, 0.15) is 30.9 Å². The monoisotopic (exact) mass is 674 g/mol. The molecule has 2 aliphatic rings. The number of anilines is 1. The van der Waals surface area contributed by atoms with E-state index in [0.29, 0.717) is 48.2 Å². The summed E-state index contributed by atoms with van der Waals surface area (Å²) in [5.41, 5.74) is 3.88. The fraction of sp³-hybridized carbons (Fsp3) is 0.308. The van der Waals surface area contributed by atoms with Gasteiger partial charge in [-0.1, -0.05) is 73.3 Å². The summed E-state index contributed by atoms with van der Waals surface area (Å²) in [5, 5.41) is 3.21. The molecule has 3 aromatic carbocycles. The molecule has 0 amide bonds. The maximum absolute atomic E-state index is 15.2. The van der Waals surface area contributed by atoms with E-state index in [2.05, 4.69) is 16.9 Å². The van der Waals surface area contributed by atoms with Gasteiger partial charge < -0.3 is 24.6 Å². The van der Waals surface area contributed by atoms with Crippen LogP contribution < -0.4 is 19.7 Å². The molecule has 1 aromatic heterocycles. The van der Waals surface area contributed by atoms with Crippen LogP contribution in [0.25, 0.3) is 11.1 Å². The highest BCUT2D eigenvalue weighted by molar-refractivity contribution is 5.71. The lowest BCUT2D eigenvalue weighted by Gasteiger charge is -2.34. The zero-order valence-corrected chi connectivity index (χ0v) is 27.7.